The Hall–Kier alpha value is -0.510. The van der Waals surface area contributed by atoms with Crippen molar-refractivity contribution in [2.75, 3.05) is 13.2 Å². The van der Waals surface area contributed by atoms with Gasteiger partial charge in [0.15, 0.2) is 0 Å². The summed E-state index contributed by atoms with van der Waals surface area (Å²) in [6.07, 6.45) is 4.24. The number of benzene rings is 1. The summed E-state index contributed by atoms with van der Waals surface area (Å²) >= 11 is 9.58. The molecular weight excluding hydrogens is 314 g/mol. The van der Waals surface area contributed by atoms with Gasteiger partial charge in [-0.3, -0.25) is 0 Å². The fraction of sp³-hybridized carbons (Fsp3) is 0.429. The van der Waals surface area contributed by atoms with Crippen molar-refractivity contribution in [3.8, 4) is 0 Å². The van der Waals surface area contributed by atoms with E-state index >= 15 is 0 Å². The molecule has 0 aliphatic carbocycles. The van der Waals surface area contributed by atoms with Gasteiger partial charge in [0.1, 0.15) is 5.76 Å². The molecular formula is C14H17BrClNO. The van der Waals surface area contributed by atoms with Crippen LogP contribution in [0, 0.1) is 0 Å². The molecule has 0 saturated carbocycles. The van der Waals surface area contributed by atoms with E-state index in [1.807, 2.05) is 12.1 Å². The molecule has 0 fully saturated rings. The van der Waals surface area contributed by atoms with Gasteiger partial charge < -0.3 is 10.1 Å². The molecule has 0 saturated heterocycles. The molecule has 4 heteroatoms. The highest BCUT2D eigenvalue weighted by molar-refractivity contribution is 9.10. The van der Waals surface area contributed by atoms with E-state index in [9.17, 15) is 0 Å². The first-order valence-corrected chi connectivity index (χ1v) is 7.40. The minimum atomic E-state index is 0.109. The van der Waals surface area contributed by atoms with Gasteiger partial charge in [-0.05, 0) is 52.7 Å². The van der Waals surface area contributed by atoms with Crippen LogP contribution in [0.5, 0.6) is 0 Å². The third-order valence-corrected chi connectivity index (χ3v) is 4.12. The lowest BCUT2D eigenvalue weighted by Crippen LogP contribution is -2.24. The molecule has 0 radical (unpaired) electrons. The maximum atomic E-state index is 6.16. The van der Waals surface area contributed by atoms with Gasteiger partial charge in [0.05, 0.1) is 17.7 Å². The summed E-state index contributed by atoms with van der Waals surface area (Å²) in [5.74, 6) is 1.02. The topological polar surface area (TPSA) is 21.3 Å². The summed E-state index contributed by atoms with van der Waals surface area (Å²) in [5, 5.41) is 4.24. The Morgan fingerprint density at radius 2 is 2.33 bits per heavy atom. The molecule has 1 N–H and O–H groups in total. The van der Waals surface area contributed by atoms with Crippen LogP contribution in [-0.4, -0.2) is 13.2 Å². The maximum Gasteiger partial charge on any atom is 0.114 e. The standard InChI is InChI=1S/C14H17BrClNO/c1-2-7-17-14(13-4-3-8-18-13)10-5-6-11(15)12(16)9-10/h4-6,9,14,17H,2-3,7-8H2,1H3. The number of hydrogen-bond acceptors (Lipinski definition) is 2. The number of ether oxygens (including phenoxy) is 1. The first kappa shape index (κ1) is 13.9. The largest absolute Gasteiger partial charge is 0.496 e. The summed E-state index contributed by atoms with van der Waals surface area (Å²) in [5.41, 5.74) is 1.14. The number of rotatable bonds is 5. The molecule has 0 spiro atoms. The fourth-order valence-corrected chi connectivity index (χ4v) is 2.44. The molecule has 18 heavy (non-hydrogen) atoms. The molecule has 1 aromatic carbocycles. The second-order valence-corrected chi connectivity index (χ2v) is 5.57. The Balaban J connectivity index is 2.23. The Morgan fingerprint density at radius 1 is 1.50 bits per heavy atom. The normalized spacial score (nSPS) is 16.3. The lowest BCUT2D eigenvalue weighted by Gasteiger charge is -2.20. The monoisotopic (exact) mass is 329 g/mol. The van der Waals surface area contributed by atoms with Gasteiger partial charge in [-0.25, -0.2) is 0 Å². The maximum absolute atomic E-state index is 6.16. The van der Waals surface area contributed by atoms with Crippen molar-refractivity contribution in [3.05, 3.63) is 45.1 Å². The van der Waals surface area contributed by atoms with Crippen LogP contribution >= 0.6 is 27.5 Å². The molecule has 0 aromatic heterocycles. The molecule has 1 aliphatic rings. The average Bonchev–Trinajstić information content (AvgIpc) is 2.88. The van der Waals surface area contributed by atoms with Crippen molar-refractivity contribution >= 4 is 27.5 Å². The van der Waals surface area contributed by atoms with Crippen LogP contribution in [0.3, 0.4) is 0 Å². The van der Waals surface area contributed by atoms with Gasteiger partial charge in [0, 0.05) is 10.9 Å². The first-order valence-electron chi connectivity index (χ1n) is 6.23. The quantitative estimate of drug-likeness (QED) is 0.861. The predicted octanol–water partition coefficient (Wildman–Crippen LogP) is 4.45. The van der Waals surface area contributed by atoms with E-state index < -0.39 is 0 Å². The van der Waals surface area contributed by atoms with Crippen LogP contribution in [-0.2, 0) is 4.74 Å². The van der Waals surface area contributed by atoms with E-state index in [0.717, 1.165) is 46.8 Å². The zero-order valence-electron chi connectivity index (χ0n) is 10.4. The Labute approximate surface area is 121 Å². The summed E-state index contributed by atoms with van der Waals surface area (Å²) in [6, 6.07) is 6.15. The van der Waals surface area contributed by atoms with Crippen molar-refractivity contribution in [2.24, 2.45) is 0 Å². The Morgan fingerprint density at radius 3 is 2.94 bits per heavy atom. The van der Waals surface area contributed by atoms with E-state index in [-0.39, 0.29) is 6.04 Å². The van der Waals surface area contributed by atoms with Gasteiger partial charge in [0.25, 0.3) is 0 Å². The highest BCUT2D eigenvalue weighted by Gasteiger charge is 2.20. The molecule has 0 bridgehead atoms. The zero-order valence-corrected chi connectivity index (χ0v) is 12.7. The predicted molar refractivity (Wildman–Crippen MR) is 78.8 cm³/mol. The fourth-order valence-electron chi connectivity index (χ4n) is 2.00. The van der Waals surface area contributed by atoms with Gasteiger partial charge in [-0.2, -0.15) is 0 Å². The van der Waals surface area contributed by atoms with Crippen LogP contribution in [0.15, 0.2) is 34.5 Å². The van der Waals surface area contributed by atoms with Crippen molar-refractivity contribution in [1.82, 2.24) is 5.32 Å². The van der Waals surface area contributed by atoms with Crippen LogP contribution in [0.1, 0.15) is 31.4 Å². The third kappa shape index (κ3) is 3.28. The highest BCUT2D eigenvalue weighted by atomic mass is 79.9. The van der Waals surface area contributed by atoms with Gasteiger partial charge >= 0.3 is 0 Å². The summed E-state index contributed by atoms with van der Waals surface area (Å²) < 4.78 is 6.60. The van der Waals surface area contributed by atoms with Crippen molar-refractivity contribution in [2.45, 2.75) is 25.8 Å². The molecule has 1 aliphatic heterocycles. The van der Waals surface area contributed by atoms with Gasteiger partial charge in [-0.15, -0.1) is 0 Å². The first-order chi connectivity index (χ1) is 8.72. The van der Waals surface area contributed by atoms with Gasteiger partial charge in [-0.1, -0.05) is 24.6 Å². The van der Waals surface area contributed by atoms with Crippen LogP contribution in [0.25, 0.3) is 0 Å². The van der Waals surface area contributed by atoms with Crippen LogP contribution in [0.4, 0.5) is 0 Å². The van der Waals surface area contributed by atoms with E-state index in [4.69, 9.17) is 16.3 Å². The van der Waals surface area contributed by atoms with Crippen LogP contribution < -0.4 is 5.32 Å². The minimum absolute atomic E-state index is 0.109. The van der Waals surface area contributed by atoms with Gasteiger partial charge in [0.2, 0.25) is 0 Å². The average molecular weight is 331 g/mol. The van der Waals surface area contributed by atoms with Crippen molar-refractivity contribution in [1.29, 1.82) is 0 Å². The minimum Gasteiger partial charge on any atom is -0.496 e. The summed E-state index contributed by atoms with van der Waals surface area (Å²) in [4.78, 5) is 0. The molecule has 1 atom stereocenters. The summed E-state index contributed by atoms with van der Waals surface area (Å²) in [7, 11) is 0. The smallest absolute Gasteiger partial charge is 0.114 e. The molecule has 2 rings (SSSR count). The van der Waals surface area contributed by atoms with Crippen molar-refractivity contribution < 1.29 is 4.74 Å². The molecule has 1 unspecified atom stereocenters. The number of hydrogen-bond donors (Lipinski definition) is 1. The molecule has 98 valence electrons. The summed E-state index contributed by atoms with van der Waals surface area (Å²) in [6.45, 7) is 3.89. The molecule has 0 amide bonds. The molecule has 1 aromatic rings. The van der Waals surface area contributed by atoms with E-state index in [1.165, 1.54) is 0 Å². The number of nitrogens with one attached hydrogen (secondary N) is 1. The van der Waals surface area contributed by atoms with E-state index in [0.29, 0.717) is 0 Å². The van der Waals surface area contributed by atoms with E-state index in [2.05, 4.69) is 40.3 Å². The second kappa shape index (κ2) is 6.60. The lowest BCUT2D eigenvalue weighted by atomic mass is 10.0. The third-order valence-electron chi connectivity index (χ3n) is 2.89. The van der Waals surface area contributed by atoms with Crippen molar-refractivity contribution in [3.63, 3.8) is 0 Å². The lowest BCUT2D eigenvalue weighted by molar-refractivity contribution is 0.215. The SMILES string of the molecule is CCCNC(C1=CCCO1)c1ccc(Br)c(Cl)c1. The highest BCUT2D eigenvalue weighted by Crippen LogP contribution is 2.31. The molecule has 1 heterocycles. The zero-order chi connectivity index (χ0) is 13.0. The Bertz CT molecular complexity index is 447. The molecule has 2 nitrogen and oxygen atoms in total. The second-order valence-electron chi connectivity index (χ2n) is 4.30. The number of halogens is 2. The van der Waals surface area contributed by atoms with Crippen LogP contribution in [0.2, 0.25) is 5.02 Å². The Kier molecular flexibility index (Phi) is 5.10. The van der Waals surface area contributed by atoms with E-state index in [1.54, 1.807) is 0 Å².